The minimum atomic E-state index is 0.283. The van der Waals surface area contributed by atoms with Crippen LogP contribution in [0.3, 0.4) is 0 Å². The van der Waals surface area contributed by atoms with Crippen LogP contribution in [0.2, 0.25) is 0 Å². The molecule has 1 N–H and O–H groups in total. The van der Waals surface area contributed by atoms with E-state index in [-0.39, 0.29) is 6.10 Å². The Kier molecular flexibility index (Phi) is 5.76. The van der Waals surface area contributed by atoms with Gasteiger partial charge in [0.15, 0.2) is 0 Å². The van der Waals surface area contributed by atoms with Crippen molar-refractivity contribution in [3.63, 3.8) is 0 Å². The molecule has 0 aliphatic carbocycles. The third kappa shape index (κ3) is 4.56. The summed E-state index contributed by atoms with van der Waals surface area (Å²) in [5.41, 5.74) is 2.30. The molecule has 4 heteroatoms. The van der Waals surface area contributed by atoms with Crippen molar-refractivity contribution in [2.24, 2.45) is 0 Å². The molecule has 1 fully saturated rings. The van der Waals surface area contributed by atoms with Gasteiger partial charge in [0.25, 0.3) is 0 Å². The minimum absolute atomic E-state index is 0.283. The van der Waals surface area contributed by atoms with Crippen molar-refractivity contribution in [2.45, 2.75) is 38.3 Å². The molecule has 1 aromatic rings. The first-order chi connectivity index (χ1) is 9.29. The molecule has 1 aliphatic rings. The van der Waals surface area contributed by atoms with E-state index in [1.165, 1.54) is 5.56 Å². The lowest BCUT2D eigenvalue weighted by atomic mass is 10.1. The molecule has 4 nitrogen and oxygen atoms in total. The average Bonchev–Trinajstić information content (AvgIpc) is 2.48. The van der Waals surface area contributed by atoms with Gasteiger partial charge < -0.3 is 14.8 Å². The fourth-order valence-electron chi connectivity index (χ4n) is 2.17. The Morgan fingerprint density at radius 3 is 3.05 bits per heavy atom. The van der Waals surface area contributed by atoms with E-state index in [1.54, 1.807) is 0 Å². The molecule has 19 heavy (non-hydrogen) atoms. The van der Waals surface area contributed by atoms with E-state index in [1.807, 2.05) is 13.2 Å². The van der Waals surface area contributed by atoms with Crippen LogP contribution in [-0.2, 0) is 15.9 Å². The molecule has 2 atom stereocenters. The number of hydrogen-bond donors (Lipinski definition) is 1. The smallest absolute Gasteiger partial charge is 0.0809 e. The largest absolute Gasteiger partial charge is 0.379 e. The van der Waals surface area contributed by atoms with Gasteiger partial charge in [-0.25, -0.2) is 0 Å². The van der Waals surface area contributed by atoms with E-state index >= 15 is 0 Å². The first kappa shape index (κ1) is 14.4. The highest BCUT2D eigenvalue weighted by molar-refractivity contribution is 5.16. The van der Waals surface area contributed by atoms with Crippen LogP contribution in [0.25, 0.3) is 0 Å². The summed E-state index contributed by atoms with van der Waals surface area (Å²) in [4.78, 5) is 4.47. The van der Waals surface area contributed by atoms with Crippen LogP contribution in [0.4, 0.5) is 0 Å². The van der Waals surface area contributed by atoms with Gasteiger partial charge in [0.05, 0.1) is 25.0 Å². The highest BCUT2D eigenvalue weighted by atomic mass is 16.5. The molecule has 1 aromatic heterocycles. The standard InChI is InChI=1S/C15H24N2O2/c1-12(16-2)15-6-5-13(10-17-15)7-9-19-14-4-3-8-18-11-14/h5-6,10,12,14,16H,3-4,7-9,11H2,1-2H3/t12-,14-/m1/s1. The second-order valence-corrected chi connectivity index (χ2v) is 5.06. The maximum atomic E-state index is 5.82. The van der Waals surface area contributed by atoms with Crippen LogP contribution in [0, 0.1) is 0 Å². The number of hydrogen-bond acceptors (Lipinski definition) is 4. The molecule has 106 valence electrons. The van der Waals surface area contributed by atoms with Gasteiger partial charge in [-0.1, -0.05) is 6.07 Å². The first-order valence-electron chi connectivity index (χ1n) is 7.11. The van der Waals surface area contributed by atoms with E-state index in [9.17, 15) is 0 Å². The predicted molar refractivity (Wildman–Crippen MR) is 75.2 cm³/mol. The first-order valence-corrected chi connectivity index (χ1v) is 7.11. The fraction of sp³-hybridized carbons (Fsp3) is 0.667. The average molecular weight is 264 g/mol. The number of nitrogens with zero attached hydrogens (tertiary/aromatic N) is 1. The van der Waals surface area contributed by atoms with Crippen molar-refractivity contribution in [1.82, 2.24) is 10.3 Å². The van der Waals surface area contributed by atoms with Gasteiger partial charge in [-0.2, -0.15) is 0 Å². The Morgan fingerprint density at radius 1 is 1.53 bits per heavy atom. The molecule has 2 rings (SSSR count). The molecule has 0 radical (unpaired) electrons. The van der Waals surface area contributed by atoms with Crippen LogP contribution in [0.5, 0.6) is 0 Å². The van der Waals surface area contributed by atoms with E-state index in [2.05, 4.69) is 29.4 Å². The molecule has 0 unspecified atom stereocenters. The van der Waals surface area contributed by atoms with Crippen LogP contribution in [0.15, 0.2) is 18.3 Å². The van der Waals surface area contributed by atoms with E-state index in [0.717, 1.165) is 44.8 Å². The quantitative estimate of drug-likeness (QED) is 0.854. The fourth-order valence-corrected chi connectivity index (χ4v) is 2.17. The lowest BCUT2D eigenvalue weighted by molar-refractivity contribution is -0.0489. The highest BCUT2D eigenvalue weighted by Gasteiger charge is 2.13. The Bertz CT molecular complexity index is 361. The zero-order valence-corrected chi connectivity index (χ0v) is 11.9. The number of pyridine rings is 1. The van der Waals surface area contributed by atoms with E-state index in [0.29, 0.717) is 6.04 Å². The second-order valence-electron chi connectivity index (χ2n) is 5.06. The Hall–Kier alpha value is -0.970. The summed E-state index contributed by atoms with van der Waals surface area (Å²) in [6, 6.07) is 4.52. The van der Waals surface area contributed by atoms with Crippen molar-refractivity contribution >= 4 is 0 Å². The molecule has 1 saturated heterocycles. The zero-order valence-electron chi connectivity index (χ0n) is 11.9. The number of aromatic nitrogens is 1. The molecule has 1 aliphatic heterocycles. The molecule has 0 saturated carbocycles. The maximum Gasteiger partial charge on any atom is 0.0809 e. The number of ether oxygens (including phenoxy) is 2. The third-order valence-corrected chi connectivity index (χ3v) is 3.59. The topological polar surface area (TPSA) is 43.4 Å². The Balaban J connectivity index is 1.73. The molecule has 0 spiro atoms. The summed E-state index contributed by atoms with van der Waals surface area (Å²) in [6.07, 6.45) is 5.38. The SMILES string of the molecule is CN[C@H](C)c1ccc(CCO[C@@H]2CCCOC2)cn1. The highest BCUT2D eigenvalue weighted by Crippen LogP contribution is 2.12. The second kappa shape index (κ2) is 7.58. The normalized spacial score (nSPS) is 21.3. The molecular weight excluding hydrogens is 240 g/mol. The number of rotatable bonds is 6. The van der Waals surface area contributed by atoms with Crippen LogP contribution in [-0.4, -0.2) is 38.0 Å². The van der Waals surface area contributed by atoms with Gasteiger partial charge >= 0.3 is 0 Å². The monoisotopic (exact) mass is 264 g/mol. The summed E-state index contributed by atoms with van der Waals surface area (Å²) in [7, 11) is 1.94. The lowest BCUT2D eigenvalue weighted by Gasteiger charge is -2.22. The summed E-state index contributed by atoms with van der Waals surface area (Å²) < 4.78 is 11.2. The summed E-state index contributed by atoms with van der Waals surface area (Å²) in [5, 5.41) is 3.19. The van der Waals surface area contributed by atoms with Crippen molar-refractivity contribution < 1.29 is 9.47 Å². The van der Waals surface area contributed by atoms with Crippen LogP contribution < -0.4 is 5.32 Å². The summed E-state index contributed by atoms with van der Waals surface area (Å²) in [5.74, 6) is 0. The zero-order chi connectivity index (χ0) is 13.5. The van der Waals surface area contributed by atoms with Gasteiger partial charge in [-0.05, 0) is 44.9 Å². The summed E-state index contributed by atoms with van der Waals surface area (Å²) in [6.45, 7) is 4.48. The van der Waals surface area contributed by atoms with E-state index in [4.69, 9.17) is 9.47 Å². The molecule has 0 amide bonds. The van der Waals surface area contributed by atoms with Crippen LogP contribution >= 0.6 is 0 Å². The van der Waals surface area contributed by atoms with Gasteiger partial charge in [0.1, 0.15) is 0 Å². The van der Waals surface area contributed by atoms with Gasteiger partial charge in [-0.3, -0.25) is 4.98 Å². The van der Waals surface area contributed by atoms with Gasteiger partial charge in [0.2, 0.25) is 0 Å². The van der Waals surface area contributed by atoms with Crippen molar-refractivity contribution in [1.29, 1.82) is 0 Å². The Morgan fingerprint density at radius 2 is 2.42 bits per heavy atom. The Labute approximate surface area is 115 Å². The molecular formula is C15H24N2O2. The predicted octanol–water partition coefficient (Wildman–Crippen LogP) is 2.10. The molecule has 0 bridgehead atoms. The minimum Gasteiger partial charge on any atom is -0.379 e. The third-order valence-electron chi connectivity index (χ3n) is 3.59. The van der Waals surface area contributed by atoms with E-state index < -0.39 is 0 Å². The van der Waals surface area contributed by atoms with Gasteiger partial charge in [0, 0.05) is 18.8 Å². The van der Waals surface area contributed by atoms with Crippen molar-refractivity contribution in [3.8, 4) is 0 Å². The van der Waals surface area contributed by atoms with Crippen molar-refractivity contribution in [3.05, 3.63) is 29.6 Å². The molecule has 0 aromatic carbocycles. The van der Waals surface area contributed by atoms with Crippen molar-refractivity contribution in [2.75, 3.05) is 26.9 Å². The number of nitrogens with one attached hydrogen (secondary N) is 1. The molecule has 2 heterocycles. The van der Waals surface area contributed by atoms with Crippen LogP contribution in [0.1, 0.15) is 37.1 Å². The lowest BCUT2D eigenvalue weighted by Crippen LogP contribution is -2.26. The maximum absolute atomic E-state index is 5.82. The van der Waals surface area contributed by atoms with Gasteiger partial charge in [-0.15, -0.1) is 0 Å². The summed E-state index contributed by atoms with van der Waals surface area (Å²) >= 11 is 0.